The lowest BCUT2D eigenvalue weighted by Crippen LogP contribution is -2.39. The van der Waals surface area contributed by atoms with Crippen LogP contribution in [-0.2, 0) is 9.59 Å². The van der Waals surface area contributed by atoms with Crippen LogP contribution in [-0.4, -0.2) is 42.0 Å². The van der Waals surface area contributed by atoms with E-state index in [1.54, 1.807) is 24.1 Å². The first-order valence-corrected chi connectivity index (χ1v) is 7.22. The number of carbonyl (C=O) groups is 2. The van der Waals surface area contributed by atoms with E-state index < -0.39 is 12.0 Å². The van der Waals surface area contributed by atoms with Crippen LogP contribution >= 0.6 is 0 Å². The molecule has 2 N–H and O–H groups in total. The average Bonchev–Trinajstić information content (AvgIpc) is 2.41. The largest absolute Gasteiger partial charge is 0.480 e. The molecule has 1 atom stereocenters. The van der Waals surface area contributed by atoms with E-state index >= 15 is 0 Å². The number of hydrogen-bond donors (Lipinski definition) is 2. The number of nitrogens with one attached hydrogen (secondary N) is 1. The smallest absolute Gasteiger partial charge is 0.325 e. The molecule has 0 bridgehead atoms. The minimum absolute atomic E-state index is 0.0640. The Hall–Kier alpha value is -1.88. The zero-order valence-electron chi connectivity index (χ0n) is 12.9. The highest BCUT2D eigenvalue weighted by Crippen LogP contribution is 2.20. The van der Waals surface area contributed by atoms with Crippen molar-refractivity contribution in [2.45, 2.75) is 32.7 Å². The number of carboxylic acid groups (broad SMARTS) is 1. The summed E-state index contributed by atoms with van der Waals surface area (Å²) >= 11 is 0. The fourth-order valence-corrected chi connectivity index (χ4v) is 2.11. The molecule has 0 aromatic heterocycles. The molecule has 0 saturated carbocycles. The number of benzene rings is 1. The summed E-state index contributed by atoms with van der Waals surface area (Å²) in [6.07, 6.45) is 1.94. The molecule has 1 aromatic rings. The fourth-order valence-electron chi connectivity index (χ4n) is 2.11. The van der Waals surface area contributed by atoms with E-state index in [0.717, 1.165) is 18.4 Å². The molecule has 116 valence electrons. The van der Waals surface area contributed by atoms with Gasteiger partial charge in [-0.25, -0.2) is 0 Å². The first-order chi connectivity index (χ1) is 9.95. The van der Waals surface area contributed by atoms with Crippen molar-refractivity contribution < 1.29 is 14.7 Å². The second-order valence-corrected chi connectivity index (χ2v) is 5.27. The maximum atomic E-state index is 11.8. The molecule has 0 aliphatic carbocycles. The van der Waals surface area contributed by atoms with Crippen molar-refractivity contribution in [3.63, 3.8) is 0 Å². The van der Waals surface area contributed by atoms with Crippen LogP contribution in [0, 0.1) is 6.92 Å². The van der Waals surface area contributed by atoms with Crippen LogP contribution in [0.3, 0.4) is 0 Å². The lowest BCUT2D eigenvalue weighted by atomic mass is 10.0. The van der Waals surface area contributed by atoms with Gasteiger partial charge in [-0.3, -0.25) is 14.5 Å². The van der Waals surface area contributed by atoms with Crippen molar-refractivity contribution in [2.24, 2.45) is 0 Å². The third-order valence-corrected chi connectivity index (χ3v) is 3.31. The molecule has 21 heavy (non-hydrogen) atoms. The van der Waals surface area contributed by atoms with Crippen LogP contribution in [0.25, 0.3) is 0 Å². The molecule has 5 heteroatoms. The molecule has 1 amide bonds. The summed E-state index contributed by atoms with van der Waals surface area (Å²) in [7, 11) is 1.65. The van der Waals surface area contributed by atoms with Crippen LogP contribution in [0.5, 0.6) is 0 Å². The molecular formula is C16H24N2O3. The number of nitrogens with zero attached hydrogens (tertiary/aromatic N) is 1. The Morgan fingerprint density at radius 3 is 2.43 bits per heavy atom. The molecule has 1 unspecified atom stereocenters. The monoisotopic (exact) mass is 292 g/mol. The standard InChI is InChI=1S/C16H24N2O3/c1-4-5-10-17-14(19)11-18(3)15(16(20)21)13-8-6-12(2)7-9-13/h6-9,15H,4-5,10-11H2,1-3H3,(H,17,19)(H,20,21). The zero-order valence-corrected chi connectivity index (χ0v) is 12.9. The minimum Gasteiger partial charge on any atom is -0.480 e. The topological polar surface area (TPSA) is 69.6 Å². The van der Waals surface area contributed by atoms with Crippen LogP contribution in [0.2, 0.25) is 0 Å². The summed E-state index contributed by atoms with van der Waals surface area (Å²) in [5.74, 6) is -1.10. The van der Waals surface area contributed by atoms with Gasteiger partial charge in [-0.1, -0.05) is 43.2 Å². The van der Waals surface area contributed by atoms with Crippen molar-refractivity contribution in [3.8, 4) is 0 Å². The molecule has 1 rings (SSSR count). The predicted octanol–water partition coefficient (Wildman–Crippen LogP) is 1.97. The molecule has 0 heterocycles. The Morgan fingerprint density at radius 2 is 1.90 bits per heavy atom. The molecule has 1 aromatic carbocycles. The Balaban J connectivity index is 2.70. The molecule has 0 saturated heterocycles. The highest BCUT2D eigenvalue weighted by Gasteiger charge is 2.25. The van der Waals surface area contributed by atoms with Crippen LogP contribution in [0.15, 0.2) is 24.3 Å². The molecule has 5 nitrogen and oxygen atoms in total. The Bertz CT molecular complexity index is 471. The Labute approximate surface area is 126 Å². The highest BCUT2D eigenvalue weighted by atomic mass is 16.4. The number of likely N-dealkylation sites (N-methyl/N-ethyl adjacent to an activating group) is 1. The third-order valence-electron chi connectivity index (χ3n) is 3.31. The maximum absolute atomic E-state index is 11.8. The summed E-state index contributed by atoms with van der Waals surface area (Å²) in [4.78, 5) is 24.8. The average molecular weight is 292 g/mol. The van der Waals surface area contributed by atoms with Gasteiger partial charge < -0.3 is 10.4 Å². The number of amides is 1. The van der Waals surface area contributed by atoms with Gasteiger partial charge in [0.05, 0.1) is 6.54 Å². The highest BCUT2D eigenvalue weighted by molar-refractivity contribution is 5.80. The van der Waals surface area contributed by atoms with Gasteiger partial charge in [0.2, 0.25) is 5.91 Å². The summed E-state index contributed by atoms with van der Waals surface area (Å²) < 4.78 is 0. The molecule has 0 radical (unpaired) electrons. The van der Waals surface area contributed by atoms with E-state index in [1.165, 1.54) is 0 Å². The van der Waals surface area contributed by atoms with Crippen LogP contribution in [0.1, 0.15) is 36.9 Å². The van der Waals surface area contributed by atoms with Crippen molar-refractivity contribution in [1.82, 2.24) is 10.2 Å². The predicted molar refractivity (Wildman–Crippen MR) is 82.1 cm³/mol. The van der Waals surface area contributed by atoms with Crippen molar-refractivity contribution >= 4 is 11.9 Å². The van der Waals surface area contributed by atoms with Gasteiger partial charge in [0.25, 0.3) is 0 Å². The molecular weight excluding hydrogens is 268 g/mol. The number of aryl methyl sites for hydroxylation is 1. The van der Waals surface area contributed by atoms with Crippen molar-refractivity contribution in [1.29, 1.82) is 0 Å². The normalized spacial score (nSPS) is 12.2. The number of aliphatic carboxylic acids is 1. The minimum atomic E-state index is -0.956. The first kappa shape index (κ1) is 17.2. The van der Waals surface area contributed by atoms with Gasteiger partial charge in [0.1, 0.15) is 6.04 Å². The number of carbonyl (C=O) groups excluding carboxylic acids is 1. The quantitative estimate of drug-likeness (QED) is 0.719. The number of rotatable bonds is 8. The second kappa shape index (κ2) is 8.42. The summed E-state index contributed by atoms with van der Waals surface area (Å²) in [5, 5.41) is 12.2. The van der Waals surface area contributed by atoms with E-state index in [4.69, 9.17) is 0 Å². The number of unbranched alkanes of at least 4 members (excludes halogenated alkanes) is 1. The maximum Gasteiger partial charge on any atom is 0.325 e. The van der Waals surface area contributed by atoms with Crippen molar-refractivity contribution in [2.75, 3.05) is 20.1 Å². The van der Waals surface area contributed by atoms with E-state index in [1.807, 2.05) is 19.1 Å². The second-order valence-electron chi connectivity index (χ2n) is 5.27. The number of hydrogen-bond acceptors (Lipinski definition) is 3. The number of carboxylic acids is 1. The van der Waals surface area contributed by atoms with Gasteiger partial charge in [0, 0.05) is 6.54 Å². The van der Waals surface area contributed by atoms with Gasteiger partial charge in [-0.15, -0.1) is 0 Å². The summed E-state index contributed by atoms with van der Waals surface area (Å²) in [6, 6.07) is 6.52. The van der Waals surface area contributed by atoms with Gasteiger partial charge >= 0.3 is 5.97 Å². The summed E-state index contributed by atoms with van der Waals surface area (Å²) in [6.45, 7) is 4.70. The molecule has 0 fully saturated rings. The van der Waals surface area contributed by atoms with Crippen LogP contribution < -0.4 is 5.32 Å². The van der Waals surface area contributed by atoms with Crippen LogP contribution in [0.4, 0.5) is 0 Å². The Kier molecular flexibility index (Phi) is 6.88. The van der Waals surface area contributed by atoms with E-state index in [2.05, 4.69) is 12.2 Å². The molecule has 0 aliphatic heterocycles. The van der Waals surface area contributed by atoms with Gasteiger partial charge in [-0.05, 0) is 26.0 Å². The zero-order chi connectivity index (χ0) is 15.8. The van der Waals surface area contributed by atoms with Crippen molar-refractivity contribution in [3.05, 3.63) is 35.4 Å². The summed E-state index contributed by atoms with van der Waals surface area (Å²) in [5.41, 5.74) is 1.75. The SMILES string of the molecule is CCCCNC(=O)CN(C)C(C(=O)O)c1ccc(C)cc1. The Morgan fingerprint density at radius 1 is 1.29 bits per heavy atom. The molecule has 0 spiro atoms. The molecule has 0 aliphatic rings. The van der Waals surface area contributed by atoms with E-state index in [-0.39, 0.29) is 12.5 Å². The van der Waals surface area contributed by atoms with Gasteiger partial charge in [0.15, 0.2) is 0 Å². The van der Waals surface area contributed by atoms with E-state index in [0.29, 0.717) is 12.1 Å². The lowest BCUT2D eigenvalue weighted by molar-refractivity contribution is -0.143. The van der Waals surface area contributed by atoms with Gasteiger partial charge in [-0.2, -0.15) is 0 Å². The lowest BCUT2D eigenvalue weighted by Gasteiger charge is -2.24. The van der Waals surface area contributed by atoms with E-state index in [9.17, 15) is 14.7 Å². The third kappa shape index (κ3) is 5.55. The first-order valence-electron chi connectivity index (χ1n) is 7.22. The fraction of sp³-hybridized carbons (Fsp3) is 0.500.